The van der Waals surface area contributed by atoms with Gasteiger partial charge in [0.05, 0.1) is 16.7 Å². The van der Waals surface area contributed by atoms with Crippen molar-refractivity contribution in [1.29, 1.82) is 0 Å². The highest BCUT2D eigenvalue weighted by molar-refractivity contribution is 6.09. The number of hydrogen-bond acceptors (Lipinski definition) is 1. The van der Waals surface area contributed by atoms with Crippen LogP contribution in [0.5, 0.6) is 0 Å². The van der Waals surface area contributed by atoms with Gasteiger partial charge < -0.3 is 4.57 Å². The van der Waals surface area contributed by atoms with Gasteiger partial charge in [0.25, 0.3) is 0 Å². The smallest absolute Gasteiger partial charge is 0.0664 e. The molecule has 2 heteroatoms. The molecule has 8 rings (SSSR count). The third kappa shape index (κ3) is 4.31. The molecule has 0 amide bonds. The van der Waals surface area contributed by atoms with Crippen LogP contribution in [0.4, 0.5) is 5.69 Å². The molecule has 0 bridgehead atoms. The maximum Gasteiger partial charge on any atom is 0.0664 e. The molecule has 8 aromatic rings. The Hall–Kier alpha value is -5.73. The molecule has 0 aliphatic carbocycles. The zero-order chi connectivity index (χ0) is 29.5. The zero-order valence-corrected chi connectivity index (χ0v) is 24.3. The van der Waals surface area contributed by atoms with E-state index < -0.39 is 0 Å². The molecule has 0 radical (unpaired) electrons. The van der Waals surface area contributed by atoms with Gasteiger partial charge in [0, 0.05) is 22.4 Å². The van der Waals surface area contributed by atoms with Gasteiger partial charge in [-0.15, -0.1) is 0 Å². The third-order valence-electron chi connectivity index (χ3n) is 8.84. The lowest BCUT2D eigenvalue weighted by molar-refractivity contribution is 0.988. The molecule has 0 saturated heterocycles. The Morgan fingerprint density at radius 2 is 0.977 bits per heavy atom. The average Bonchev–Trinajstić information content (AvgIpc) is 3.44. The van der Waals surface area contributed by atoms with Gasteiger partial charge in [-0.05, 0) is 75.6 Å². The Morgan fingerprint density at radius 3 is 1.66 bits per heavy atom. The second-order valence-electron chi connectivity index (χ2n) is 11.3. The van der Waals surface area contributed by atoms with Crippen LogP contribution in [0.1, 0.15) is 22.6 Å². The van der Waals surface area contributed by atoms with Crippen molar-refractivity contribution >= 4 is 45.0 Å². The van der Waals surface area contributed by atoms with Crippen LogP contribution in [0, 0.1) is 0 Å². The van der Waals surface area contributed by atoms with E-state index in [0.717, 1.165) is 16.9 Å². The number of aromatic nitrogens is 1. The highest BCUT2D eigenvalue weighted by atomic mass is 15.0. The van der Waals surface area contributed by atoms with E-state index in [2.05, 4.69) is 168 Å². The molecule has 1 unspecified atom stereocenters. The van der Waals surface area contributed by atoms with E-state index in [1.165, 1.54) is 54.8 Å². The quantitative estimate of drug-likeness (QED) is 0.142. The summed E-state index contributed by atoms with van der Waals surface area (Å²) in [4.78, 5) is 4.40. The molecule has 1 atom stereocenters. The van der Waals surface area contributed by atoms with Crippen molar-refractivity contribution < 1.29 is 0 Å². The van der Waals surface area contributed by atoms with Gasteiger partial charge in [0.2, 0.25) is 0 Å². The number of fused-ring (bicyclic) bond motifs is 4. The van der Waals surface area contributed by atoms with Gasteiger partial charge in [-0.25, -0.2) is 0 Å². The van der Waals surface area contributed by atoms with Crippen molar-refractivity contribution in [2.75, 3.05) is 0 Å². The summed E-state index contributed by atoms with van der Waals surface area (Å²) in [5, 5.41) is 5.04. The summed E-state index contributed by atoms with van der Waals surface area (Å²) in [7, 11) is 0. The molecular weight excluding hydrogens is 532 g/mol. The molecule has 0 N–H and O–H groups in total. The third-order valence-corrected chi connectivity index (χ3v) is 8.84. The number of rotatable bonds is 6. The Balaban J connectivity index is 1.19. The fourth-order valence-electron chi connectivity index (χ4n) is 6.78. The maximum atomic E-state index is 4.40. The first-order valence-electron chi connectivity index (χ1n) is 15.0. The molecular formula is C42H30N2. The molecule has 1 heterocycles. The minimum atomic E-state index is 0.0227. The monoisotopic (exact) mass is 562 g/mol. The van der Waals surface area contributed by atoms with E-state index in [1.807, 2.05) is 12.1 Å². The highest BCUT2D eigenvalue weighted by Gasteiger charge is 2.22. The predicted molar refractivity (Wildman–Crippen MR) is 187 cm³/mol. The van der Waals surface area contributed by atoms with Crippen LogP contribution in [-0.2, 0) is 0 Å². The number of aliphatic imine (C=N–C) groups is 1. The number of para-hydroxylation sites is 3. The SMILES string of the molecule is C=Nc1ccccc1C(c1ccc(-c2ccc(-n3c4ccccc4c4ccccc43)cc2)cc1)c1cccc2ccccc12. The second kappa shape index (κ2) is 10.8. The lowest BCUT2D eigenvalue weighted by Gasteiger charge is -2.22. The van der Waals surface area contributed by atoms with Crippen LogP contribution in [0.25, 0.3) is 49.4 Å². The van der Waals surface area contributed by atoms with Gasteiger partial charge >= 0.3 is 0 Å². The lowest BCUT2D eigenvalue weighted by Crippen LogP contribution is -2.05. The van der Waals surface area contributed by atoms with Crippen molar-refractivity contribution in [3.63, 3.8) is 0 Å². The first-order valence-corrected chi connectivity index (χ1v) is 15.0. The van der Waals surface area contributed by atoms with Crippen LogP contribution in [0.3, 0.4) is 0 Å². The molecule has 44 heavy (non-hydrogen) atoms. The number of nitrogens with zero attached hydrogens (tertiary/aromatic N) is 2. The van der Waals surface area contributed by atoms with E-state index >= 15 is 0 Å². The standard InChI is InChI=1S/C42H30N2/c1-43-39-18-7-4-16-38(39)42(37-17-10-12-31-11-2-3-13-34(31)37)32-23-21-29(22-24-32)30-25-27-33(28-26-30)44-40-19-8-5-14-35(40)36-15-6-9-20-41(36)44/h2-28,42H,1H2. The summed E-state index contributed by atoms with van der Waals surface area (Å²) in [5.41, 5.74) is 10.5. The Bertz CT molecular complexity index is 2230. The van der Waals surface area contributed by atoms with Crippen molar-refractivity contribution in [3.8, 4) is 16.8 Å². The van der Waals surface area contributed by atoms with E-state index in [1.54, 1.807) is 0 Å². The van der Waals surface area contributed by atoms with Crippen LogP contribution in [-0.4, -0.2) is 11.3 Å². The Morgan fingerprint density at radius 1 is 0.455 bits per heavy atom. The summed E-state index contributed by atoms with van der Waals surface area (Å²) >= 11 is 0. The van der Waals surface area contributed by atoms with Gasteiger partial charge in [0.1, 0.15) is 0 Å². The summed E-state index contributed by atoms with van der Waals surface area (Å²) in [5.74, 6) is 0.0227. The van der Waals surface area contributed by atoms with E-state index in [-0.39, 0.29) is 5.92 Å². The molecule has 0 aliphatic heterocycles. The Labute approximate surface area is 257 Å². The molecule has 0 aliphatic rings. The largest absolute Gasteiger partial charge is 0.309 e. The average molecular weight is 563 g/mol. The zero-order valence-electron chi connectivity index (χ0n) is 24.3. The number of benzene rings is 7. The Kier molecular flexibility index (Phi) is 6.39. The molecule has 0 spiro atoms. The van der Waals surface area contributed by atoms with Crippen LogP contribution >= 0.6 is 0 Å². The van der Waals surface area contributed by atoms with Crippen LogP contribution in [0.2, 0.25) is 0 Å². The molecule has 1 aromatic heterocycles. The van der Waals surface area contributed by atoms with Gasteiger partial charge in [-0.1, -0.05) is 133 Å². The summed E-state index contributed by atoms with van der Waals surface area (Å²) < 4.78 is 2.36. The maximum absolute atomic E-state index is 4.40. The van der Waals surface area contributed by atoms with Crippen molar-refractivity contribution in [1.82, 2.24) is 4.57 Å². The first-order chi connectivity index (χ1) is 21.8. The van der Waals surface area contributed by atoms with Crippen molar-refractivity contribution in [2.45, 2.75) is 5.92 Å². The van der Waals surface area contributed by atoms with Crippen molar-refractivity contribution in [3.05, 3.63) is 180 Å². The van der Waals surface area contributed by atoms with Gasteiger partial charge in [-0.2, -0.15) is 0 Å². The van der Waals surface area contributed by atoms with Gasteiger partial charge in [-0.3, -0.25) is 4.99 Å². The molecule has 208 valence electrons. The normalized spacial score (nSPS) is 12.1. The molecule has 7 aromatic carbocycles. The minimum absolute atomic E-state index is 0.0227. The highest BCUT2D eigenvalue weighted by Crippen LogP contribution is 2.41. The predicted octanol–water partition coefficient (Wildman–Crippen LogP) is 11.1. The number of hydrogen-bond donors (Lipinski definition) is 0. The summed E-state index contributed by atoms with van der Waals surface area (Å²) in [6.45, 7) is 3.88. The fourth-order valence-corrected chi connectivity index (χ4v) is 6.78. The molecule has 0 saturated carbocycles. The topological polar surface area (TPSA) is 17.3 Å². The van der Waals surface area contributed by atoms with E-state index in [9.17, 15) is 0 Å². The second-order valence-corrected chi connectivity index (χ2v) is 11.3. The van der Waals surface area contributed by atoms with E-state index in [0.29, 0.717) is 0 Å². The van der Waals surface area contributed by atoms with Crippen LogP contribution in [0.15, 0.2) is 169 Å². The minimum Gasteiger partial charge on any atom is -0.309 e. The molecule has 2 nitrogen and oxygen atoms in total. The fraction of sp³-hybridized carbons (Fsp3) is 0.0238. The van der Waals surface area contributed by atoms with Crippen molar-refractivity contribution in [2.24, 2.45) is 4.99 Å². The van der Waals surface area contributed by atoms with Gasteiger partial charge in [0.15, 0.2) is 0 Å². The van der Waals surface area contributed by atoms with E-state index in [4.69, 9.17) is 0 Å². The summed E-state index contributed by atoms with van der Waals surface area (Å²) in [6, 6.07) is 58.8. The first kappa shape index (κ1) is 25.9. The molecule has 0 fully saturated rings. The lowest BCUT2D eigenvalue weighted by atomic mass is 9.81. The van der Waals surface area contributed by atoms with Crippen LogP contribution < -0.4 is 0 Å². The summed E-state index contributed by atoms with van der Waals surface area (Å²) in [6.07, 6.45) is 0.